The highest BCUT2D eigenvalue weighted by molar-refractivity contribution is 9.11. The van der Waals surface area contributed by atoms with Gasteiger partial charge in [-0.25, -0.2) is 0 Å². The number of piperidine rings is 1. The summed E-state index contributed by atoms with van der Waals surface area (Å²) in [6, 6.07) is 0. The molecule has 2 unspecified atom stereocenters. The van der Waals surface area contributed by atoms with Crippen LogP contribution in [0.1, 0.15) is 19.8 Å². The summed E-state index contributed by atoms with van der Waals surface area (Å²) in [6.45, 7) is 2.94. The third-order valence-electron chi connectivity index (χ3n) is 3.91. The van der Waals surface area contributed by atoms with Gasteiger partial charge in [0, 0.05) is 16.3 Å². The average Bonchev–Trinajstić information content (AvgIpc) is 2.33. The van der Waals surface area contributed by atoms with Gasteiger partial charge < -0.3 is 0 Å². The zero-order chi connectivity index (χ0) is 13.6. The Morgan fingerprint density at radius 2 is 2.06 bits per heavy atom. The maximum absolute atomic E-state index is 11.4. The van der Waals surface area contributed by atoms with Crippen molar-refractivity contribution in [2.24, 2.45) is 0 Å². The largest absolute Gasteiger partial charge is 0.290 e. The third-order valence-corrected chi connectivity index (χ3v) is 4.98. The number of fused-ring (bicyclic) bond motifs is 2. The summed E-state index contributed by atoms with van der Waals surface area (Å²) in [4.78, 5) is 23.8. The summed E-state index contributed by atoms with van der Waals surface area (Å²) in [5, 5.41) is 22.7. The van der Waals surface area contributed by atoms with Gasteiger partial charge in [-0.05, 0) is 22.5 Å². The van der Waals surface area contributed by atoms with E-state index in [1.54, 1.807) is 11.0 Å². The van der Waals surface area contributed by atoms with Crippen LogP contribution in [0.4, 0.5) is 0 Å². The van der Waals surface area contributed by atoms with Crippen LogP contribution in [-0.4, -0.2) is 45.5 Å². The molecule has 0 saturated carbocycles. The maximum atomic E-state index is 11.4. The van der Waals surface area contributed by atoms with Crippen LogP contribution in [0.15, 0.2) is 10.6 Å². The van der Waals surface area contributed by atoms with Crippen LogP contribution in [0.25, 0.3) is 0 Å². The molecule has 1 heterocycles. The molecule has 1 aliphatic heterocycles. The van der Waals surface area contributed by atoms with E-state index in [0.717, 1.165) is 0 Å². The highest BCUT2D eigenvalue weighted by atomic mass is 79.9. The number of halogens is 1. The minimum Gasteiger partial charge on any atom is -0.290 e. The van der Waals surface area contributed by atoms with Crippen molar-refractivity contribution in [3.63, 3.8) is 0 Å². The molecule has 0 N–H and O–H groups in total. The van der Waals surface area contributed by atoms with E-state index in [0.29, 0.717) is 11.0 Å². The number of likely N-dealkylation sites (tertiary alicyclic amines) is 1. The van der Waals surface area contributed by atoms with Crippen LogP contribution in [0, 0.1) is 20.2 Å². The second kappa shape index (κ2) is 4.27. The summed E-state index contributed by atoms with van der Waals surface area (Å²) in [6.07, 6.45) is 1.81. The third kappa shape index (κ3) is 1.74. The van der Waals surface area contributed by atoms with Gasteiger partial charge in [0.05, 0.1) is 24.0 Å². The molecule has 0 amide bonds. The van der Waals surface area contributed by atoms with E-state index in [1.165, 1.54) is 0 Å². The summed E-state index contributed by atoms with van der Waals surface area (Å²) in [7, 11) is 0. The number of rotatable bonds is 3. The van der Waals surface area contributed by atoms with Crippen molar-refractivity contribution in [3.8, 4) is 0 Å². The lowest BCUT2D eigenvalue weighted by Gasteiger charge is -2.44. The zero-order valence-electron chi connectivity index (χ0n) is 9.97. The molecule has 2 bridgehead atoms. The van der Waals surface area contributed by atoms with E-state index in [4.69, 9.17) is 0 Å². The number of hydrogen-bond acceptors (Lipinski definition) is 5. The van der Waals surface area contributed by atoms with Crippen molar-refractivity contribution in [2.45, 2.75) is 30.8 Å². The Balaban J connectivity index is 2.51. The molecule has 8 heteroatoms. The summed E-state index contributed by atoms with van der Waals surface area (Å²) in [5.74, 6) is 0. The number of hydrogen-bond donors (Lipinski definition) is 0. The van der Waals surface area contributed by atoms with Gasteiger partial charge in [-0.2, -0.15) is 0 Å². The van der Waals surface area contributed by atoms with Gasteiger partial charge >= 0.3 is 0 Å². The van der Waals surface area contributed by atoms with Gasteiger partial charge in [-0.3, -0.25) is 25.1 Å². The lowest BCUT2D eigenvalue weighted by molar-refractivity contribution is -0.620. The van der Waals surface area contributed by atoms with Crippen LogP contribution in [0.3, 0.4) is 0 Å². The molecule has 1 saturated heterocycles. The highest BCUT2D eigenvalue weighted by Crippen LogP contribution is 2.46. The van der Waals surface area contributed by atoms with E-state index >= 15 is 0 Å². The summed E-state index contributed by atoms with van der Waals surface area (Å²) < 4.78 is 0.468. The molecule has 1 aliphatic carbocycles. The first-order valence-electron chi connectivity index (χ1n) is 5.74. The van der Waals surface area contributed by atoms with Crippen LogP contribution in [0.5, 0.6) is 0 Å². The molecule has 0 radical (unpaired) electrons. The van der Waals surface area contributed by atoms with Crippen molar-refractivity contribution in [2.75, 3.05) is 19.6 Å². The van der Waals surface area contributed by atoms with Gasteiger partial charge in [-0.1, -0.05) is 13.0 Å². The fourth-order valence-corrected chi connectivity index (χ4v) is 3.47. The van der Waals surface area contributed by atoms with Gasteiger partial charge in [0.2, 0.25) is 5.54 Å². The first-order valence-corrected chi connectivity index (χ1v) is 6.53. The van der Waals surface area contributed by atoms with Crippen LogP contribution >= 0.6 is 15.9 Å². The van der Waals surface area contributed by atoms with Gasteiger partial charge in [0.25, 0.3) is 5.54 Å². The summed E-state index contributed by atoms with van der Waals surface area (Å²) >= 11 is 3.23. The van der Waals surface area contributed by atoms with Gasteiger partial charge in [-0.15, -0.1) is 0 Å². The Labute approximate surface area is 112 Å². The van der Waals surface area contributed by atoms with E-state index in [-0.39, 0.29) is 35.8 Å². The smallest absolute Gasteiger partial charge is 0.272 e. The van der Waals surface area contributed by atoms with Crippen molar-refractivity contribution in [1.29, 1.82) is 0 Å². The minimum atomic E-state index is -1.36. The molecule has 1 fully saturated rings. The Bertz CT molecular complexity index is 441. The molecule has 7 nitrogen and oxygen atoms in total. The SMILES string of the molecule is CCN1CC2([N+](=O)[O-])CC=C(Br)C([N+](=O)[O-])(C1)C2. The predicted molar refractivity (Wildman–Crippen MR) is 67.8 cm³/mol. The molecule has 18 heavy (non-hydrogen) atoms. The van der Waals surface area contributed by atoms with Crippen molar-refractivity contribution in [3.05, 3.63) is 30.8 Å². The maximum Gasteiger partial charge on any atom is 0.272 e. The average molecular weight is 320 g/mol. The monoisotopic (exact) mass is 319 g/mol. The van der Waals surface area contributed by atoms with Gasteiger partial charge in [0.1, 0.15) is 0 Å². The molecular weight excluding hydrogens is 306 g/mol. The molecule has 0 aromatic heterocycles. The van der Waals surface area contributed by atoms with E-state index in [9.17, 15) is 20.2 Å². The number of likely N-dealkylation sites (N-methyl/N-ethyl adjacent to an activating group) is 1. The first kappa shape index (κ1) is 13.4. The fourth-order valence-electron chi connectivity index (χ4n) is 2.89. The lowest BCUT2D eigenvalue weighted by Crippen LogP contribution is -2.66. The van der Waals surface area contributed by atoms with Crippen molar-refractivity contribution >= 4 is 15.9 Å². The molecule has 0 aromatic carbocycles. The Morgan fingerprint density at radius 1 is 1.39 bits per heavy atom. The second-order valence-corrected chi connectivity index (χ2v) is 5.86. The van der Waals surface area contributed by atoms with Crippen LogP contribution in [-0.2, 0) is 0 Å². The van der Waals surface area contributed by atoms with Crippen LogP contribution in [0.2, 0.25) is 0 Å². The van der Waals surface area contributed by atoms with Crippen molar-refractivity contribution < 1.29 is 9.85 Å². The second-order valence-electron chi connectivity index (χ2n) is 5.01. The Hall–Kier alpha value is -1.02. The normalized spacial score (nSPS) is 36.0. The molecule has 100 valence electrons. The molecular formula is C10H14BrN3O4. The Kier molecular flexibility index (Phi) is 3.18. The number of nitro groups is 2. The molecule has 2 rings (SSSR count). The van der Waals surface area contributed by atoms with E-state index in [2.05, 4.69) is 15.9 Å². The Morgan fingerprint density at radius 3 is 2.56 bits per heavy atom. The molecule has 0 aromatic rings. The van der Waals surface area contributed by atoms with Crippen molar-refractivity contribution in [1.82, 2.24) is 4.90 Å². The standard InChI is InChI=1S/C10H14BrN3O4/c1-2-12-6-9(13(15)16)4-3-8(11)10(5-9,7-12)14(17)18/h3H,2,4-7H2,1H3. The number of nitrogens with zero attached hydrogens (tertiary/aromatic N) is 3. The van der Waals surface area contributed by atoms with Crippen LogP contribution < -0.4 is 0 Å². The van der Waals surface area contributed by atoms with E-state index in [1.807, 2.05) is 6.92 Å². The minimum absolute atomic E-state index is 0.0341. The highest BCUT2D eigenvalue weighted by Gasteiger charge is 2.64. The van der Waals surface area contributed by atoms with Gasteiger partial charge in [0.15, 0.2) is 0 Å². The first-order chi connectivity index (χ1) is 8.36. The molecule has 2 aliphatic rings. The summed E-state index contributed by atoms with van der Waals surface area (Å²) in [5.41, 5.74) is -2.59. The molecule has 0 spiro atoms. The lowest BCUT2D eigenvalue weighted by atomic mass is 9.72. The molecule has 2 atom stereocenters. The van der Waals surface area contributed by atoms with E-state index < -0.39 is 11.1 Å². The quantitative estimate of drug-likeness (QED) is 0.579. The topological polar surface area (TPSA) is 89.5 Å². The predicted octanol–water partition coefficient (Wildman–Crippen LogP) is 1.43. The fraction of sp³-hybridized carbons (Fsp3) is 0.800. The zero-order valence-corrected chi connectivity index (χ0v) is 11.6.